The fourth-order valence-corrected chi connectivity index (χ4v) is 5.51. The van der Waals surface area contributed by atoms with Gasteiger partial charge in [0.15, 0.2) is 0 Å². The maximum Gasteiger partial charge on any atom is 0.0826 e. The third-order valence-electron chi connectivity index (χ3n) is 4.17. The second-order valence-corrected chi connectivity index (χ2v) is 9.02. The molecule has 1 aliphatic carbocycles. The second kappa shape index (κ2) is 5.39. The first-order chi connectivity index (χ1) is 8.07. The maximum atomic E-state index is 2.49. The molecule has 0 nitrogen and oxygen atoms in total. The van der Waals surface area contributed by atoms with Crippen molar-refractivity contribution in [2.75, 3.05) is 0 Å². The first-order valence-electron chi connectivity index (χ1n) is 6.95. The Hall–Kier alpha value is -0.563. The molecule has 1 aromatic carbocycles. The highest BCUT2D eigenvalue weighted by Gasteiger charge is 2.29. The van der Waals surface area contributed by atoms with Crippen LogP contribution in [0.2, 0.25) is 12.6 Å². The molecular weight excluding hydrogens is 220 g/mol. The van der Waals surface area contributed by atoms with Gasteiger partial charge in [0.1, 0.15) is 0 Å². The predicted molar refractivity (Wildman–Crippen MR) is 78.2 cm³/mol. The third-order valence-corrected chi connectivity index (χ3v) is 6.68. The molecule has 1 saturated carbocycles. The molecule has 0 heterocycles. The number of hydrogen-bond donors (Lipinski definition) is 0. The molecule has 1 aliphatic rings. The fourth-order valence-electron chi connectivity index (χ4n) is 3.30. The summed E-state index contributed by atoms with van der Waals surface area (Å²) in [7, 11) is -0.316. The van der Waals surface area contributed by atoms with Crippen LogP contribution in [0.25, 0.3) is 0 Å². The van der Waals surface area contributed by atoms with E-state index in [1.165, 1.54) is 31.7 Å². The lowest BCUT2D eigenvalue weighted by Crippen LogP contribution is -2.31. The van der Waals surface area contributed by atoms with Gasteiger partial charge in [-0.1, -0.05) is 74.8 Å². The van der Waals surface area contributed by atoms with Crippen LogP contribution in [-0.4, -0.2) is 8.80 Å². The van der Waals surface area contributed by atoms with Crippen LogP contribution >= 0.6 is 0 Å². The van der Waals surface area contributed by atoms with Crippen molar-refractivity contribution in [1.82, 2.24) is 0 Å². The van der Waals surface area contributed by atoms with Gasteiger partial charge >= 0.3 is 0 Å². The van der Waals surface area contributed by atoms with E-state index < -0.39 is 0 Å². The van der Waals surface area contributed by atoms with Crippen molar-refractivity contribution in [2.45, 2.75) is 52.1 Å². The van der Waals surface area contributed by atoms with Crippen LogP contribution in [0.4, 0.5) is 0 Å². The second-order valence-electron chi connectivity index (χ2n) is 6.48. The summed E-state index contributed by atoms with van der Waals surface area (Å²) in [6, 6.07) is 12.6. The summed E-state index contributed by atoms with van der Waals surface area (Å²) in [5.41, 5.74) is 0.599. The summed E-state index contributed by atoms with van der Waals surface area (Å²) in [5.74, 6) is 0.984. The van der Waals surface area contributed by atoms with E-state index >= 15 is 0 Å². The molecule has 0 aliphatic heterocycles. The summed E-state index contributed by atoms with van der Waals surface area (Å²) in [6.07, 6.45) is 5.79. The van der Waals surface area contributed by atoms with E-state index in [0.717, 1.165) is 5.92 Å². The van der Waals surface area contributed by atoms with Crippen molar-refractivity contribution < 1.29 is 0 Å². The minimum absolute atomic E-state index is 0.316. The molecule has 0 N–H and O–H groups in total. The summed E-state index contributed by atoms with van der Waals surface area (Å²) in [6.45, 7) is 7.38. The largest absolute Gasteiger partial charge is 0.0826 e. The lowest BCUT2D eigenvalue weighted by molar-refractivity contribution is 0.191. The molecule has 0 saturated heterocycles. The monoisotopic (exact) mass is 245 g/mol. The molecule has 1 fully saturated rings. The Morgan fingerprint density at radius 2 is 1.94 bits per heavy atom. The standard InChI is InChI=1S/C16H25Si/c1-16(2)11-7-8-14(12-16)13-17(3)15-9-5-4-6-10-15/h4-6,9-10,14H,7-8,11-13H2,1-3H3. The van der Waals surface area contributed by atoms with Crippen molar-refractivity contribution in [1.29, 1.82) is 0 Å². The van der Waals surface area contributed by atoms with Crippen LogP contribution in [-0.2, 0) is 0 Å². The van der Waals surface area contributed by atoms with Gasteiger partial charge in [-0.2, -0.15) is 0 Å². The Balaban J connectivity index is 1.93. The Bertz CT molecular complexity index is 342. The van der Waals surface area contributed by atoms with Crippen molar-refractivity contribution in [3.8, 4) is 0 Å². The van der Waals surface area contributed by atoms with Gasteiger partial charge in [-0.05, 0) is 24.2 Å². The Morgan fingerprint density at radius 3 is 2.59 bits per heavy atom. The highest BCUT2D eigenvalue weighted by atomic mass is 28.3. The van der Waals surface area contributed by atoms with E-state index in [2.05, 4.69) is 50.7 Å². The van der Waals surface area contributed by atoms with E-state index in [1.807, 2.05) is 0 Å². The first-order valence-corrected chi connectivity index (χ1v) is 9.15. The Morgan fingerprint density at radius 1 is 1.24 bits per heavy atom. The van der Waals surface area contributed by atoms with Crippen molar-refractivity contribution in [3.05, 3.63) is 30.3 Å². The minimum Gasteiger partial charge on any atom is -0.0669 e. The van der Waals surface area contributed by atoms with Gasteiger partial charge in [-0.3, -0.25) is 0 Å². The Labute approximate surface area is 108 Å². The van der Waals surface area contributed by atoms with Crippen LogP contribution in [0.1, 0.15) is 39.5 Å². The molecule has 1 aromatic rings. The highest BCUT2D eigenvalue weighted by molar-refractivity contribution is 6.72. The highest BCUT2D eigenvalue weighted by Crippen LogP contribution is 2.40. The molecule has 1 unspecified atom stereocenters. The Kier molecular flexibility index (Phi) is 4.08. The summed E-state index contributed by atoms with van der Waals surface area (Å²) in [4.78, 5) is 0. The zero-order chi connectivity index (χ0) is 12.3. The molecule has 2 rings (SSSR count). The van der Waals surface area contributed by atoms with Gasteiger partial charge < -0.3 is 0 Å². The molecule has 17 heavy (non-hydrogen) atoms. The van der Waals surface area contributed by atoms with Crippen LogP contribution in [0.5, 0.6) is 0 Å². The normalized spacial score (nSPS) is 23.9. The zero-order valence-corrected chi connectivity index (χ0v) is 12.5. The molecule has 0 bridgehead atoms. The van der Waals surface area contributed by atoms with E-state index in [9.17, 15) is 0 Å². The lowest BCUT2D eigenvalue weighted by atomic mass is 9.73. The molecule has 1 heteroatoms. The fraction of sp³-hybridized carbons (Fsp3) is 0.625. The molecule has 1 atom stereocenters. The van der Waals surface area contributed by atoms with Gasteiger partial charge in [0, 0.05) is 0 Å². The van der Waals surface area contributed by atoms with Gasteiger partial charge in [-0.15, -0.1) is 0 Å². The average molecular weight is 245 g/mol. The van der Waals surface area contributed by atoms with E-state index in [4.69, 9.17) is 0 Å². The topological polar surface area (TPSA) is 0 Å². The summed E-state index contributed by atoms with van der Waals surface area (Å²) >= 11 is 0. The molecule has 0 spiro atoms. The van der Waals surface area contributed by atoms with E-state index in [0.29, 0.717) is 5.41 Å². The average Bonchev–Trinajstić information content (AvgIpc) is 2.29. The number of hydrogen-bond acceptors (Lipinski definition) is 0. The van der Waals surface area contributed by atoms with Gasteiger partial charge in [0.2, 0.25) is 0 Å². The predicted octanol–water partition coefficient (Wildman–Crippen LogP) is 4.23. The van der Waals surface area contributed by atoms with Crippen LogP contribution in [0, 0.1) is 11.3 Å². The van der Waals surface area contributed by atoms with Crippen molar-refractivity contribution in [2.24, 2.45) is 11.3 Å². The van der Waals surface area contributed by atoms with E-state index in [-0.39, 0.29) is 8.80 Å². The van der Waals surface area contributed by atoms with Crippen molar-refractivity contribution in [3.63, 3.8) is 0 Å². The summed E-state index contributed by atoms with van der Waals surface area (Å²) < 4.78 is 0. The van der Waals surface area contributed by atoms with Gasteiger partial charge in [0.25, 0.3) is 0 Å². The van der Waals surface area contributed by atoms with E-state index in [1.54, 1.807) is 5.19 Å². The number of rotatable bonds is 3. The maximum absolute atomic E-state index is 2.49. The van der Waals surface area contributed by atoms with Gasteiger partial charge in [-0.25, -0.2) is 0 Å². The van der Waals surface area contributed by atoms with Crippen molar-refractivity contribution >= 4 is 14.0 Å². The van der Waals surface area contributed by atoms with Gasteiger partial charge in [0.05, 0.1) is 8.80 Å². The smallest absolute Gasteiger partial charge is 0.0669 e. The van der Waals surface area contributed by atoms with Crippen LogP contribution in [0.3, 0.4) is 0 Å². The van der Waals surface area contributed by atoms with Crippen LogP contribution in [0.15, 0.2) is 30.3 Å². The SMILES string of the molecule is C[Si](CC1CCCC(C)(C)C1)c1ccccc1. The molecule has 1 radical (unpaired) electrons. The zero-order valence-electron chi connectivity index (χ0n) is 11.5. The quantitative estimate of drug-likeness (QED) is 0.699. The lowest BCUT2D eigenvalue weighted by Gasteiger charge is -2.36. The first kappa shape index (κ1) is 12.9. The molecule has 0 amide bonds. The minimum atomic E-state index is -0.316. The molecule has 0 aromatic heterocycles. The van der Waals surface area contributed by atoms with Crippen LogP contribution < -0.4 is 5.19 Å². The molecule has 93 valence electrons. The molecular formula is C16H25Si. The summed E-state index contributed by atoms with van der Waals surface area (Å²) in [5, 5.41) is 1.61. The third kappa shape index (κ3) is 3.70. The number of benzene rings is 1.